The second-order valence-electron chi connectivity index (χ2n) is 5.06. The van der Waals surface area contributed by atoms with Crippen molar-refractivity contribution in [3.8, 4) is 0 Å². The van der Waals surface area contributed by atoms with E-state index in [9.17, 15) is 9.59 Å². The first-order valence-corrected chi connectivity index (χ1v) is 7.25. The first kappa shape index (κ1) is 13.9. The fraction of sp³-hybridized carbons (Fsp3) is 0.286. The van der Waals surface area contributed by atoms with Gasteiger partial charge in [0.2, 0.25) is 5.89 Å². The molecule has 0 saturated carbocycles. The average Bonchev–Trinajstić information content (AvgIpc) is 3.00. The van der Waals surface area contributed by atoms with Gasteiger partial charge < -0.3 is 4.52 Å². The zero-order chi connectivity index (χ0) is 15.1. The summed E-state index contributed by atoms with van der Waals surface area (Å²) in [7, 11) is 0. The van der Waals surface area contributed by atoms with Crippen LogP contribution in [0.1, 0.15) is 41.8 Å². The Kier molecular flexibility index (Phi) is 3.36. The Balaban J connectivity index is 1.95. The van der Waals surface area contributed by atoms with Crippen molar-refractivity contribution in [1.82, 2.24) is 10.1 Å². The van der Waals surface area contributed by atoms with Crippen LogP contribution in [0, 0.1) is 0 Å². The molecule has 0 saturated heterocycles. The normalized spacial score (nSPS) is 14.2. The number of halogens is 1. The summed E-state index contributed by atoms with van der Waals surface area (Å²) in [5.41, 5.74) is 0.949. The van der Waals surface area contributed by atoms with Crippen molar-refractivity contribution in [3.63, 3.8) is 0 Å². The molecule has 0 N–H and O–H groups in total. The molecule has 2 heterocycles. The molecular formula is C14H12BrN3O3. The maximum absolute atomic E-state index is 12.1. The Morgan fingerprint density at radius 1 is 1.33 bits per heavy atom. The smallest absolute Gasteiger partial charge is 0.299 e. The van der Waals surface area contributed by atoms with Crippen LogP contribution in [0.15, 0.2) is 27.2 Å². The number of nitrogens with zero attached hydrogens (tertiary/aromatic N) is 3. The van der Waals surface area contributed by atoms with Crippen LogP contribution in [0.2, 0.25) is 0 Å². The number of anilines is 1. The zero-order valence-corrected chi connectivity index (χ0v) is 13.0. The monoisotopic (exact) mass is 349 g/mol. The maximum Gasteiger partial charge on any atom is 0.299 e. The largest absolute Gasteiger partial charge is 0.339 e. The highest BCUT2D eigenvalue weighted by Gasteiger charge is 2.37. The number of hydrogen-bond acceptors (Lipinski definition) is 5. The van der Waals surface area contributed by atoms with E-state index in [1.807, 2.05) is 13.8 Å². The number of carbonyl (C=O) groups excluding carboxylic acids is 2. The van der Waals surface area contributed by atoms with Gasteiger partial charge in [0.1, 0.15) is 0 Å². The number of ketones is 1. The highest BCUT2D eigenvalue weighted by Crippen LogP contribution is 2.34. The van der Waals surface area contributed by atoms with E-state index in [4.69, 9.17) is 4.52 Å². The van der Waals surface area contributed by atoms with Gasteiger partial charge >= 0.3 is 0 Å². The van der Waals surface area contributed by atoms with Crippen LogP contribution >= 0.6 is 15.9 Å². The van der Waals surface area contributed by atoms with Crippen LogP contribution in [0.4, 0.5) is 5.69 Å². The lowest BCUT2D eigenvalue weighted by atomic mass is 10.1. The van der Waals surface area contributed by atoms with Crippen molar-refractivity contribution in [3.05, 3.63) is 40.0 Å². The average molecular weight is 350 g/mol. The molecule has 0 spiro atoms. The minimum atomic E-state index is -0.576. The van der Waals surface area contributed by atoms with E-state index >= 15 is 0 Å². The van der Waals surface area contributed by atoms with Crippen molar-refractivity contribution in [2.24, 2.45) is 0 Å². The van der Waals surface area contributed by atoms with E-state index in [-0.39, 0.29) is 12.5 Å². The molecule has 2 aromatic rings. The third kappa shape index (κ3) is 2.27. The molecule has 0 fully saturated rings. The lowest BCUT2D eigenvalue weighted by molar-refractivity contribution is -0.114. The zero-order valence-electron chi connectivity index (χ0n) is 11.5. The molecule has 0 atom stereocenters. The first-order chi connectivity index (χ1) is 9.99. The van der Waals surface area contributed by atoms with Crippen LogP contribution in [-0.2, 0) is 11.3 Å². The topological polar surface area (TPSA) is 76.3 Å². The third-order valence-corrected chi connectivity index (χ3v) is 3.89. The van der Waals surface area contributed by atoms with Crippen LogP contribution < -0.4 is 4.90 Å². The van der Waals surface area contributed by atoms with Crippen molar-refractivity contribution < 1.29 is 14.1 Å². The van der Waals surface area contributed by atoms with E-state index in [2.05, 4.69) is 26.1 Å². The quantitative estimate of drug-likeness (QED) is 0.796. The van der Waals surface area contributed by atoms with Crippen LogP contribution in [0.5, 0.6) is 0 Å². The van der Waals surface area contributed by atoms with E-state index in [1.54, 1.807) is 18.2 Å². The molecule has 108 valence electrons. The van der Waals surface area contributed by atoms with Crippen molar-refractivity contribution >= 4 is 33.3 Å². The standard InChI is InChI=1S/C14H12BrN3O3/c1-7(2)13-16-10(17-21-13)6-18-9-5-3-4-8(15)11(9)12(19)14(18)20/h3-5,7H,6H2,1-2H3. The van der Waals surface area contributed by atoms with Crippen molar-refractivity contribution in [2.45, 2.75) is 26.3 Å². The Morgan fingerprint density at radius 3 is 2.76 bits per heavy atom. The molecule has 0 radical (unpaired) electrons. The number of hydrogen-bond donors (Lipinski definition) is 0. The van der Waals surface area contributed by atoms with Gasteiger partial charge in [-0.25, -0.2) is 0 Å². The summed E-state index contributed by atoms with van der Waals surface area (Å²) >= 11 is 3.30. The second kappa shape index (κ2) is 5.07. The molecule has 1 aromatic heterocycles. The summed E-state index contributed by atoms with van der Waals surface area (Å²) in [5.74, 6) is -0.0912. The molecule has 3 rings (SSSR count). The molecule has 0 bridgehead atoms. The summed E-state index contributed by atoms with van der Waals surface area (Å²) in [6.07, 6.45) is 0. The fourth-order valence-electron chi connectivity index (χ4n) is 2.17. The summed E-state index contributed by atoms with van der Waals surface area (Å²) in [6.45, 7) is 3.99. The maximum atomic E-state index is 12.1. The molecular weight excluding hydrogens is 338 g/mol. The fourth-order valence-corrected chi connectivity index (χ4v) is 2.70. The molecule has 1 aliphatic heterocycles. The van der Waals surface area contributed by atoms with E-state index in [0.717, 1.165) is 0 Å². The van der Waals surface area contributed by atoms with Crippen molar-refractivity contribution in [2.75, 3.05) is 4.90 Å². The number of amides is 1. The van der Waals surface area contributed by atoms with Gasteiger partial charge in [-0.1, -0.05) is 25.1 Å². The summed E-state index contributed by atoms with van der Waals surface area (Å²) in [5, 5.41) is 3.85. The van der Waals surface area contributed by atoms with Gasteiger partial charge in [-0.2, -0.15) is 4.98 Å². The lowest BCUT2D eigenvalue weighted by Gasteiger charge is -2.13. The predicted octanol–water partition coefficient (Wildman–Crippen LogP) is 2.69. The summed E-state index contributed by atoms with van der Waals surface area (Å²) in [4.78, 5) is 29.8. The number of rotatable bonds is 3. The molecule has 6 nitrogen and oxygen atoms in total. The van der Waals surface area contributed by atoms with Gasteiger partial charge in [0.05, 0.1) is 17.8 Å². The highest BCUT2D eigenvalue weighted by molar-refractivity contribution is 9.10. The number of aromatic nitrogens is 2. The molecule has 7 heteroatoms. The minimum absolute atomic E-state index is 0.114. The van der Waals surface area contributed by atoms with E-state index in [0.29, 0.717) is 27.4 Å². The highest BCUT2D eigenvalue weighted by atomic mass is 79.9. The van der Waals surface area contributed by atoms with E-state index < -0.39 is 11.7 Å². The Bertz CT molecular complexity index is 739. The molecule has 0 unspecified atom stereocenters. The predicted molar refractivity (Wildman–Crippen MR) is 78.0 cm³/mol. The number of benzene rings is 1. The van der Waals surface area contributed by atoms with Gasteiger partial charge in [-0.05, 0) is 28.1 Å². The SMILES string of the molecule is CC(C)c1nc(CN2C(=O)C(=O)c3c(Br)cccc32)no1. The van der Waals surface area contributed by atoms with E-state index in [1.165, 1.54) is 4.90 Å². The molecule has 1 amide bonds. The lowest BCUT2D eigenvalue weighted by Crippen LogP contribution is -2.29. The third-order valence-electron chi connectivity index (χ3n) is 3.23. The second-order valence-corrected chi connectivity index (χ2v) is 5.91. The molecule has 1 aromatic carbocycles. The summed E-state index contributed by atoms with van der Waals surface area (Å²) in [6, 6.07) is 5.24. The van der Waals surface area contributed by atoms with Gasteiger partial charge in [0, 0.05) is 10.4 Å². The van der Waals surface area contributed by atoms with Crippen LogP contribution in [0.3, 0.4) is 0 Å². The Morgan fingerprint density at radius 2 is 2.10 bits per heavy atom. The Labute approximate surface area is 129 Å². The number of fused-ring (bicyclic) bond motifs is 1. The number of Topliss-reactive ketones (excluding diaryl/α,β-unsaturated/α-hetero) is 1. The molecule has 21 heavy (non-hydrogen) atoms. The van der Waals surface area contributed by atoms with Gasteiger partial charge in [-0.3, -0.25) is 14.5 Å². The van der Waals surface area contributed by atoms with Crippen LogP contribution in [-0.4, -0.2) is 21.8 Å². The summed E-state index contributed by atoms with van der Waals surface area (Å²) < 4.78 is 5.73. The number of carbonyl (C=O) groups is 2. The van der Waals surface area contributed by atoms with Gasteiger partial charge in [0.15, 0.2) is 5.82 Å². The first-order valence-electron chi connectivity index (χ1n) is 6.46. The van der Waals surface area contributed by atoms with Gasteiger partial charge in [0.25, 0.3) is 11.7 Å². The molecule has 1 aliphatic rings. The van der Waals surface area contributed by atoms with Crippen molar-refractivity contribution in [1.29, 1.82) is 0 Å². The molecule has 0 aliphatic carbocycles. The Hall–Kier alpha value is -2.02. The van der Waals surface area contributed by atoms with Crippen LogP contribution in [0.25, 0.3) is 0 Å². The van der Waals surface area contributed by atoms with Gasteiger partial charge in [-0.15, -0.1) is 0 Å². The minimum Gasteiger partial charge on any atom is -0.339 e.